The van der Waals surface area contributed by atoms with E-state index in [4.69, 9.17) is 14.2 Å². The average molecular weight is 569 g/mol. The number of rotatable bonds is 11. The SMILES string of the molecule is C=C1C=C(C2CC[C@]3(O)[C@H](CCCC[C@H](CC)OC4OC(C)C(O)C(C)C4O)C(C(O)(O)CO)CC[C@]23C)CO1. The summed E-state index contributed by atoms with van der Waals surface area (Å²) in [4.78, 5) is 0. The normalized spacial score (nSPS) is 42.9. The van der Waals surface area contributed by atoms with Gasteiger partial charge in [0.25, 0.3) is 0 Å². The molecule has 9 nitrogen and oxygen atoms in total. The third kappa shape index (κ3) is 5.78. The van der Waals surface area contributed by atoms with Crippen LogP contribution in [-0.2, 0) is 14.2 Å². The maximum absolute atomic E-state index is 12.3. The Balaban J connectivity index is 1.42. The minimum Gasteiger partial charge on any atom is -0.490 e. The number of allylic oxidation sites excluding steroid dienone is 1. The Hall–Kier alpha value is -1.04. The molecule has 1 saturated heterocycles. The third-order valence-corrected chi connectivity index (χ3v) is 10.9. The molecule has 4 aliphatic rings. The van der Waals surface area contributed by atoms with Crippen LogP contribution in [0.5, 0.6) is 0 Å². The summed E-state index contributed by atoms with van der Waals surface area (Å²) >= 11 is 0. The quantitative estimate of drug-likeness (QED) is 0.163. The van der Waals surface area contributed by atoms with Gasteiger partial charge in [-0.3, -0.25) is 0 Å². The Labute approximate surface area is 238 Å². The van der Waals surface area contributed by atoms with Crippen LogP contribution >= 0.6 is 0 Å². The van der Waals surface area contributed by atoms with E-state index < -0.39 is 59.8 Å². The molecule has 4 rings (SSSR count). The number of fused-ring (bicyclic) bond motifs is 1. The van der Waals surface area contributed by atoms with Crippen LogP contribution in [0.25, 0.3) is 0 Å². The molecule has 0 aromatic heterocycles. The van der Waals surface area contributed by atoms with Crippen LogP contribution in [0.4, 0.5) is 0 Å². The summed E-state index contributed by atoms with van der Waals surface area (Å²) in [7, 11) is 0. The van der Waals surface area contributed by atoms with E-state index in [2.05, 4.69) is 13.5 Å². The molecule has 0 radical (unpaired) electrons. The number of aliphatic hydroxyl groups excluding tert-OH is 3. The first-order valence-electron chi connectivity index (χ1n) is 15.3. The molecule has 40 heavy (non-hydrogen) atoms. The van der Waals surface area contributed by atoms with Gasteiger partial charge in [-0.25, -0.2) is 0 Å². The van der Waals surface area contributed by atoms with Crippen LogP contribution in [0.3, 0.4) is 0 Å². The van der Waals surface area contributed by atoms with Crippen molar-refractivity contribution in [2.24, 2.45) is 29.1 Å². The lowest BCUT2D eigenvalue weighted by atomic mass is 9.52. The van der Waals surface area contributed by atoms with E-state index in [-0.39, 0.29) is 17.9 Å². The highest BCUT2D eigenvalue weighted by Crippen LogP contribution is 2.65. The molecule has 0 amide bonds. The van der Waals surface area contributed by atoms with Crippen molar-refractivity contribution in [3.8, 4) is 0 Å². The van der Waals surface area contributed by atoms with Gasteiger partial charge in [0, 0.05) is 17.3 Å². The highest BCUT2D eigenvalue weighted by Gasteiger charge is 2.66. The van der Waals surface area contributed by atoms with Crippen LogP contribution in [0.15, 0.2) is 24.0 Å². The molecule has 0 aromatic rings. The van der Waals surface area contributed by atoms with Gasteiger partial charge in [0.1, 0.15) is 18.5 Å². The van der Waals surface area contributed by atoms with Crippen LogP contribution < -0.4 is 0 Å². The monoisotopic (exact) mass is 568 g/mol. The fraction of sp³-hybridized carbons (Fsp3) is 0.871. The third-order valence-electron chi connectivity index (χ3n) is 10.9. The highest BCUT2D eigenvalue weighted by atomic mass is 16.7. The van der Waals surface area contributed by atoms with Gasteiger partial charge < -0.3 is 44.8 Å². The van der Waals surface area contributed by atoms with Crippen molar-refractivity contribution < 1.29 is 44.8 Å². The first-order valence-corrected chi connectivity index (χ1v) is 15.3. The van der Waals surface area contributed by atoms with Crippen LogP contribution in [0.1, 0.15) is 85.5 Å². The second-order valence-corrected chi connectivity index (χ2v) is 13.2. The molecular formula is C31H52O9. The van der Waals surface area contributed by atoms with E-state index in [1.165, 1.54) is 0 Å². The molecule has 2 aliphatic carbocycles. The van der Waals surface area contributed by atoms with Gasteiger partial charge in [-0.15, -0.1) is 0 Å². The number of aliphatic hydroxyl groups is 6. The minimum absolute atomic E-state index is 0.129. The molecule has 7 unspecified atom stereocenters. The molecule has 3 fully saturated rings. The molecule has 2 heterocycles. The molecule has 230 valence electrons. The first-order chi connectivity index (χ1) is 18.8. The number of unbranched alkanes of at least 4 members (excludes halogenated alkanes) is 1. The zero-order valence-corrected chi connectivity index (χ0v) is 24.7. The zero-order chi connectivity index (χ0) is 29.5. The van der Waals surface area contributed by atoms with Gasteiger partial charge in [-0.05, 0) is 75.4 Å². The van der Waals surface area contributed by atoms with Gasteiger partial charge in [0.05, 0.1) is 30.5 Å². The zero-order valence-electron chi connectivity index (χ0n) is 24.7. The molecule has 6 N–H and O–H groups in total. The average Bonchev–Trinajstić information content (AvgIpc) is 3.46. The summed E-state index contributed by atoms with van der Waals surface area (Å²) < 4.78 is 17.5. The summed E-state index contributed by atoms with van der Waals surface area (Å²) in [5.74, 6) is -2.87. The fourth-order valence-electron chi connectivity index (χ4n) is 8.29. The molecule has 2 saturated carbocycles. The standard InChI is InChI=1S/C31H52O9/c1-6-22(40-28-27(34)19(3)26(33)20(4)39-28)9-7-8-10-24-25(31(36,37)17-32)11-13-29(5)23(12-14-30(24,29)35)21-15-18(2)38-16-21/h15,19-20,22-28,32-37H,2,6-14,16-17H2,1,3-5H3/t19?,20?,22-,23?,24+,25?,26?,27?,28?,29+,30-/m0/s1. The summed E-state index contributed by atoms with van der Waals surface area (Å²) in [6.45, 7) is 11.3. The van der Waals surface area contributed by atoms with Crippen LogP contribution in [-0.4, -0.2) is 85.9 Å². The summed E-state index contributed by atoms with van der Waals surface area (Å²) in [5.41, 5.74) is -0.403. The predicted molar refractivity (Wildman–Crippen MR) is 149 cm³/mol. The van der Waals surface area contributed by atoms with Crippen molar-refractivity contribution in [3.05, 3.63) is 24.0 Å². The summed E-state index contributed by atoms with van der Waals surface area (Å²) in [6, 6.07) is 0. The number of ether oxygens (including phenoxy) is 3. The van der Waals surface area contributed by atoms with Crippen molar-refractivity contribution in [1.82, 2.24) is 0 Å². The van der Waals surface area contributed by atoms with Crippen molar-refractivity contribution in [2.75, 3.05) is 13.2 Å². The molecule has 2 aliphatic heterocycles. The molecule has 0 spiro atoms. The maximum atomic E-state index is 12.3. The Kier molecular flexibility index (Phi) is 9.80. The summed E-state index contributed by atoms with van der Waals surface area (Å²) in [5, 5.41) is 64.5. The second-order valence-electron chi connectivity index (χ2n) is 13.2. The molecule has 0 bridgehead atoms. The van der Waals surface area contributed by atoms with Crippen LogP contribution in [0.2, 0.25) is 0 Å². The summed E-state index contributed by atoms with van der Waals surface area (Å²) in [6.07, 6.45) is 5.02. The molecule has 0 aromatic carbocycles. The van der Waals surface area contributed by atoms with Gasteiger partial charge in [0.15, 0.2) is 12.1 Å². The van der Waals surface area contributed by atoms with Crippen molar-refractivity contribution in [1.29, 1.82) is 0 Å². The first kappa shape index (κ1) is 31.9. The van der Waals surface area contributed by atoms with Gasteiger partial charge in [-0.1, -0.05) is 40.2 Å². The lowest BCUT2D eigenvalue weighted by Gasteiger charge is -2.56. The fourth-order valence-corrected chi connectivity index (χ4v) is 8.29. The van der Waals surface area contributed by atoms with E-state index in [0.717, 1.165) is 37.7 Å². The van der Waals surface area contributed by atoms with E-state index in [9.17, 15) is 30.6 Å². The highest BCUT2D eigenvalue weighted by molar-refractivity contribution is 5.30. The Morgan fingerprint density at radius 2 is 1.88 bits per heavy atom. The number of hydrogen-bond acceptors (Lipinski definition) is 9. The van der Waals surface area contributed by atoms with Gasteiger partial charge in [-0.2, -0.15) is 0 Å². The molecule has 11 atom stereocenters. The smallest absolute Gasteiger partial charge is 0.189 e. The van der Waals surface area contributed by atoms with Crippen molar-refractivity contribution in [2.45, 2.75) is 128 Å². The van der Waals surface area contributed by atoms with E-state index >= 15 is 0 Å². The van der Waals surface area contributed by atoms with E-state index in [1.54, 1.807) is 13.8 Å². The lowest BCUT2D eigenvalue weighted by molar-refractivity contribution is -0.292. The van der Waals surface area contributed by atoms with Crippen molar-refractivity contribution >= 4 is 0 Å². The second kappa shape index (κ2) is 12.3. The Morgan fingerprint density at radius 3 is 2.50 bits per heavy atom. The Morgan fingerprint density at radius 1 is 1.15 bits per heavy atom. The topological polar surface area (TPSA) is 149 Å². The maximum Gasteiger partial charge on any atom is 0.189 e. The predicted octanol–water partition coefficient (Wildman–Crippen LogP) is 2.76. The molecule has 9 heteroatoms. The van der Waals surface area contributed by atoms with Crippen LogP contribution in [0, 0.1) is 29.1 Å². The number of hydrogen-bond donors (Lipinski definition) is 6. The van der Waals surface area contributed by atoms with Gasteiger partial charge >= 0.3 is 0 Å². The van der Waals surface area contributed by atoms with Crippen molar-refractivity contribution in [3.63, 3.8) is 0 Å². The Bertz CT molecular complexity index is 920. The van der Waals surface area contributed by atoms with E-state index in [0.29, 0.717) is 38.0 Å². The molecular weight excluding hydrogens is 516 g/mol. The largest absolute Gasteiger partial charge is 0.490 e. The van der Waals surface area contributed by atoms with Gasteiger partial charge in [0.2, 0.25) is 0 Å². The minimum atomic E-state index is -2.26. The van der Waals surface area contributed by atoms with E-state index in [1.807, 2.05) is 13.0 Å². The lowest BCUT2D eigenvalue weighted by Crippen LogP contribution is -2.61.